The molecule has 23 heavy (non-hydrogen) atoms. The van der Waals surface area contributed by atoms with Crippen LogP contribution in [-0.2, 0) is 19.4 Å². The zero-order valence-corrected chi connectivity index (χ0v) is 14.1. The highest BCUT2D eigenvalue weighted by Crippen LogP contribution is 2.29. The van der Waals surface area contributed by atoms with Crippen molar-refractivity contribution in [3.05, 3.63) is 40.3 Å². The molecule has 0 bridgehead atoms. The first-order chi connectivity index (χ1) is 11.2. The Labute approximate surface area is 141 Å². The van der Waals surface area contributed by atoms with Gasteiger partial charge in [0.1, 0.15) is 17.3 Å². The summed E-state index contributed by atoms with van der Waals surface area (Å²) in [7, 11) is 3.30. The standard InChI is InChI=1S/C17H20ClN3O2/c1-22-12-8-7-11(15(9-12)23-2)10-19-16-13-5-3-4-6-14(13)20-17(18)21-16/h7-9H,3-6,10H2,1-2H3,(H,19,20,21). The second-order valence-corrected chi connectivity index (χ2v) is 5.84. The number of hydrogen-bond acceptors (Lipinski definition) is 5. The summed E-state index contributed by atoms with van der Waals surface area (Å²) < 4.78 is 10.7. The van der Waals surface area contributed by atoms with Crippen molar-refractivity contribution in [2.75, 3.05) is 19.5 Å². The number of benzene rings is 1. The van der Waals surface area contributed by atoms with E-state index in [0.717, 1.165) is 47.8 Å². The number of nitrogens with zero attached hydrogens (tertiary/aromatic N) is 2. The van der Waals surface area contributed by atoms with E-state index in [1.807, 2.05) is 18.2 Å². The number of hydrogen-bond donors (Lipinski definition) is 1. The van der Waals surface area contributed by atoms with E-state index in [1.54, 1.807) is 14.2 Å². The van der Waals surface area contributed by atoms with Crippen LogP contribution in [0.25, 0.3) is 0 Å². The molecule has 0 atom stereocenters. The van der Waals surface area contributed by atoms with Crippen LogP contribution in [0.3, 0.4) is 0 Å². The lowest BCUT2D eigenvalue weighted by Crippen LogP contribution is -2.13. The van der Waals surface area contributed by atoms with Crippen LogP contribution in [-0.4, -0.2) is 24.2 Å². The van der Waals surface area contributed by atoms with Gasteiger partial charge in [0, 0.05) is 23.7 Å². The first-order valence-corrected chi connectivity index (χ1v) is 8.09. The summed E-state index contributed by atoms with van der Waals surface area (Å²) in [5.74, 6) is 2.39. The summed E-state index contributed by atoms with van der Waals surface area (Å²) in [6, 6.07) is 5.78. The summed E-state index contributed by atoms with van der Waals surface area (Å²) >= 11 is 6.06. The Morgan fingerprint density at radius 3 is 2.74 bits per heavy atom. The van der Waals surface area contributed by atoms with Crippen molar-refractivity contribution in [2.45, 2.75) is 32.2 Å². The number of anilines is 1. The molecule has 0 unspecified atom stereocenters. The Balaban J connectivity index is 1.82. The molecule has 0 saturated heterocycles. The van der Waals surface area contributed by atoms with Crippen LogP contribution in [0.5, 0.6) is 11.5 Å². The highest BCUT2D eigenvalue weighted by Gasteiger charge is 2.17. The van der Waals surface area contributed by atoms with Crippen molar-refractivity contribution < 1.29 is 9.47 Å². The molecule has 0 fully saturated rings. The molecule has 122 valence electrons. The Morgan fingerprint density at radius 1 is 1.13 bits per heavy atom. The number of nitrogens with one attached hydrogen (secondary N) is 1. The minimum Gasteiger partial charge on any atom is -0.497 e. The fraction of sp³-hybridized carbons (Fsp3) is 0.412. The van der Waals surface area contributed by atoms with Gasteiger partial charge in [0.15, 0.2) is 0 Å². The van der Waals surface area contributed by atoms with Gasteiger partial charge in [-0.1, -0.05) is 0 Å². The minimum absolute atomic E-state index is 0.301. The van der Waals surface area contributed by atoms with Gasteiger partial charge in [0.2, 0.25) is 5.28 Å². The van der Waals surface area contributed by atoms with Crippen molar-refractivity contribution in [3.8, 4) is 11.5 Å². The molecule has 0 radical (unpaired) electrons. The quantitative estimate of drug-likeness (QED) is 0.847. The largest absolute Gasteiger partial charge is 0.497 e. The van der Waals surface area contributed by atoms with Crippen LogP contribution in [0.15, 0.2) is 18.2 Å². The highest BCUT2D eigenvalue weighted by molar-refractivity contribution is 6.28. The Morgan fingerprint density at radius 2 is 1.96 bits per heavy atom. The Kier molecular flexibility index (Phi) is 4.86. The molecule has 1 aromatic carbocycles. The molecule has 1 heterocycles. The fourth-order valence-corrected chi connectivity index (χ4v) is 3.07. The molecular formula is C17H20ClN3O2. The number of halogens is 1. The SMILES string of the molecule is COc1ccc(CNc2nc(Cl)nc3c2CCCC3)c(OC)c1. The van der Waals surface area contributed by atoms with Gasteiger partial charge in [0.05, 0.1) is 19.9 Å². The molecule has 1 N–H and O–H groups in total. The second-order valence-electron chi connectivity index (χ2n) is 5.50. The predicted octanol–water partition coefficient (Wildman–Crippen LogP) is 3.64. The molecule has 3 rings (SSSR count). The van der Waals surface area contributed by atoms with E-state index >= 15 is 0 Å². The number of ether oxygens (including phenoxy) is 2. The molecule has 0 amide bonds. The van der Waals surface area contributed by atoms with Crippen LogP contribution < -0.4 is 14.8 Å². The first kappa shape index (κ1) is 15.9. The molecular weight excluding hydrogens is 314 g/mol. The lowest BCUT2D eigenvalue weighted by molar-refractivity contribution is 0.391. The van der Waals surface area contributed by atoms with Gasteiger partial charge in [-0.05, 0) is 49.4 Å². The second kappa shape index (κ2) is 7.04. The van der Waals surface area contributed by atoms with Gasteiger partial charge in [-0.25, -0.2) is 9.97 Å². The molecule has 2 aromatic rings. The van der Waals surface area contributed by atoms with E-state index in [2.05, 4.69) is 15.3 Å². The third-order valence-electron chi connectivity index (χ3n) is 4.10. The summed E-state index contributed by atoms with van der Waals surface area (Å²) in [6.07, 6.45) is 4.29. The zero-order chi connectivity index (χ0) is 16.2. The molecule has 0 spiro atoms. The van der Waals surface area contributed by atoms with Gasteiger partial charge in [-0.15, -0.1) is 0 Å². The van der Waals surface area contributed by atoms with Crippen LogP contribution in [0.1, 0.15) is 29.7 Å². The number of fused-ring (bicyclic) bond motifs is 1. The van der Waals surface area contributed by atoms with Crippen LogP contribution >= 0.6 is 11.6 Å². The predicted molar refractivity (Wildman–Crippen MR) is 90.6 cm³/mol. The normalized spacial score (nSPS) is 13.3. The minimum atomic E-state index is 0.301. The number of aryl methyl sites for hydroxylation is 1. The van der Waals surface area contributed by atoms with Gasteiger partial charge < -0.3 is 14.8 Å². The average molecular weight is 334 g/mol. The van der Waals surface area contributed by atoms with E-state index < -0.39 is 0 Å². The fourth-order valence-electron chi connectivity index (χ4n) is 2.89. The Hall–Kier alpha value is -2.01. The van der Waals surface area contributed by atoms with Crippen LogP contribution in [0.4, 0.5) is 5.82 Å². The average Bonchev–Trinajstić information content (AvgIpc) is 2.59. The van der Waals surface area contributed by atoms with Crippen molar-refractivity contribution in [1.82, 2.24) is 9.97 Å². The lowest BCUT2D eigenvalue weighted by Gasteiger charge is -2.19. The maximum Gasteiger partial charge on any atom is 0.224 e. The van der Waals surface area contributed by atoms with E-state index in [0.29, 0.717) is 11.8 Å². The summed E-state index contributed by atoms with van der Waals surface area (Å²) in [4.78, 5) is 8.73. The van der Waals surface area contributed by atoms with Crippen LogP contribution in [0, 0.1) is 0 Å². The van der Waals surface area contributed by atoms with Crippen molar-refractivity contribution in [1.29, 1.82) is 0 Å². The lowest BCUT2D eigenvalue weighted by atomic mass is 9.96. The van der Waals surface area contributed by atoms with E-state index in [4.69, 9.17) is 21.1 Å². The Bertz CT molecular complexity index is 706. The van der Waals surface area contributed by atoms with Gasteiger partial charge in [-0.3, -0.25) is 0 Å². The van der Waals surface area contributed by atoms with Gasteiger partial charge >= 0.3 is 0 Å². The number of aromatic nitrogens is 2. The molecule has 6 heteroatoms. The zero-order valence-electron chi connectivity index (χ0n) is 13.4. The molecule has 1 aromatic heterocycles. The first-order valence-electron chi connectivity index (χ1n) is 7.71. The summed E-state index contributed by atoms with van der Waals surface area (Å²) in [6.45, 7) is 0.604. The maximum absolute atomic E-state index is 6.06. The topological polar surface area (TPSA) is 56.3 Å². The summed E-state index contributed by atoms with van der Waals surface area (Å²) in [5.41, 5.74) is 3.29. The highest BCUT2D eigenvalue weighted by atomic mass is 35.5. The molecule has 1 aliphatic carbocycles. The molecule has 0 saturated carbocycles. The smallest absolute Gasteiger partial charge is 0.224 e. The monoisotopic (exact) mass is 333 g/mol. The molecule has 0 aliphatic heterocycles. The third-order valence-corrected chi connectivity index (χ3v) is 4.27. The van der Waals surface area contributed by atoms with Gasteiger partial charge in [-0.2, -0.15) is 0 Å². The van der Waals surface area contributed by atoms with Gasteiger partial charge in [0.25, 0.3) is 0 Å². The van der Waals surface area contributed by atoms with E-state index in [9.17, 15) is 0 Å². The molecule has 5 nitrogen and oxygen atoms in total. The van der Waals surface area contributed by atoms with Crippen molar-refractivity contribution in [3.63, 3.8) is 0 Å². The van der Waals surface area contributed by atoms with Crippen LogP contribution in [0.2, 0.25) is 5.28 Å². The van der Waals surface area contributed by atoms with Crippen molar-refractivity contribution >= 4 is 17.4 Å². The summed E-state index contributed by atoms with van der Waals surface area (Å²) in [5, 5.41) is 3.69. The number of rotatable bonds is 5. The number of methoxy groups -OCH3 is 2. The van der Waals surface area contributed by atoms with Crippen molar-refractivity contribution in [2.24, 2.45) is 0 Å². The van der Waals surface area contributed by atoms with E-state index in [-0.39, 0.29) is 0 Å². The maximum atomic E-state index is 6.06. The molecule has 1 aliphatic rings. The third kappa shape index (κ3) is 3.50. The van der Waals surface area contributed by atoms with E-state index in [1.165, 1.54) is 12.0 Å².